The maximum absolute atomic E-state index is 12.4. The summed E-state index contributed by atoms with van der Waals surface area (Å²) in [6.45, 7) is 8.64. The van der Waals surface area contributed by atoms with Crippen molar-refractivity contribution in [2.75, 3.05) is 20.2 Å². The van der Waals surface area contributed by atoms with Gasteiger partial charge in [-0.15, -0.1) is 0 Å². The summed E-state index contributed by atoms with van der Waals surface area (Å²) in [4.78, 5) is 16.7. The molecule has 1 aromatic carbocycles. The van der Waals surface area contributed by atoms with Crippen LogP contribution in [0.25, 0.3) is 0 Å². The molecule has 28 heavy (non-hydrogen) atoms. The predicted molar refractivity (Wildman–Crippen MR) is 115 cm³/mol. The van der Waals surface area contributed by atoms with Crippen LogP contribution < -0.4 is 16.0 Å². The SMILES string of the molecule is CN=C(NCc1cccc(C(=O)NCC2CCCO2)c1)NC(C)CCC(C)C. The van der Waals surface area contributed by atoms with Crippen LogP contribution in [0.15, 0.2) is 29.3 Å². The quantitative estimate of drug-likeness (QED) is 0.449. The molecule has 0 bridgehead atoms. The highest BCUT2D eigenvalue weighted by molar-refractivity contribution is 5.94. The summed E-state index contributed by atoms with van der Waals surface area (Å²) >= 11 is 0. The second kappa shape index (κ2) is 11.7. The van der Waals surface area contributed by atoms with Crippen molar-refractivity contribution in [1.29, 1.82) is 0 Å². The highest BCUT2D eigenvalue weighted by Crippen LogP contribution is 2.11. The number of aliphatic imine (C=N–C) groups is 1. The molecule has 2 rings (SSSR count). The molecule has 6 nitrogen and oxygen atoms in total. The fourth-order valence-electron chi connectivity index (χ4n) is 3.21. The molecular weight excluding hydrogens is 352 g/mol. The van der Waals surface area contributed by atoms with E-state index in [0.29, 0.717) is 30.6 Å². The summed E-state index contributed by atoms with van der Waals surface area (Å²) < 4.78 is 5.56. The fraction of sp³-hybridized carbons (Fsp3) is 0.636. The van der Waals surface area contributed by atoms with Crippen LogP contribution in [0.1, 0.15) is 62.4 Å². The second-order valence-corrected chi connectivity index (χ2v) is 7.99. The fourth-order valence-corrected chi connectivity index (χ4v) is 3.21. The lowest BCUT2D eigenvalue weighted by Crippen LogP contribution is -2.42. The van der Waals surface area contributed by atoms with Crippen LogP contribution >= 0.6 is 0 Å². The third-order valence-corrected chi connectivity index (χ3v) is 4.95. The molecule has 156 valence electrons. The first-order chi connectivity index (χ1) is 13.5. The Morgan fingerprint density at radius 3 is 2.75 bits per heavy atom. The number of hydrogen-bond acceptors (Lipinski definition) is 3. The largest absolute Gasteiger partial charge is 0.376 e. The van der Waals surface area contributed by atoms with Gasteiger partial charge < -0.3 is 20.7 Å². The van der Waals surface area contributed by atoms with Crippen molar-refractivity contribution in [3.8, 4) is 0 Å². The van der Waals surface area contributed by atoms with Crippen molar-refractivity contribution in [2.45, 2.75) is 65.1 Å². The van der Waals surface area contributed by atoms with Gasteiger partial charge in [-0.05, 0) is 56.2 Å². The van der Waals surface area contributed by atoms with Gasteiger partial charge in [0, 0.05) is 38.3 Å². The van der Waals surface area contributed by atoms with Gasteiger partial charge in [-0.25, -0.2) is 0 Å². The van der Waals surface area contributed by atoms with Crippen molar-refractivity contribution in [2.24, 2.45) is 10.9 Å². The van der Waals surface area contributed by atoms with Gasteiger partial charge in [0.05, 0.1) is 6.10 Å². The Morgan fingerprint density at radius 2 is 2.07 bits per heavy atom. The minimum atomic E-state index is -0.0536. The minimum absolute atomic E-state index is 0.0536. The molecule has 0 saturated carbocycles. The number of carbonyl (C=O) groups excluding carboxylic acids is 1. The average Bonchev–Trinajstić information content (AvgIpc) is 3.21. The molecule has 1 amide bonds. The Hall–Kier alpha value is -2.08. The molecule has 1 aliphatic heterocycles. The molecule has 0 radical (unpaired) electrons. The van der Waals surface area contributed by atoms with Gasteiger partial charge in [0.15, 0.2) is 5.96 Å². The van der Waals surface area contributed by atoms with Crippen LogP contribution in [0.3, 0.4) is 0 Å². The van der Waals surface area contributed by atoms with E-state index in [1.807, 2.05) is 24.3 Å². The van der Waals surface area contributed by atoms with E-state index in [4.69, 9.17) is 4.74 Å². The molecule has 1 heterocycles. The summed E-state index contributed by atoms with van der Waals surface area (Å²) in [7, 11) is 1.78. The zero-order valence-corrected chi connectivity index (χ0v) is 17.8. The summed E-state index contributed by atoms with van der Waals surface area (Å²) in [6.07, 6.45) is 4.55. The number of amides is 1. The summed E-state index contributed by atoms with van der Waals surface area (Å²) in [5.74, 6) is 1.43. The zero-order valence-electron chi connectivity index (χ0n) is 17.8. The van der Waals surface area contributed by atoms with Crippen molar-refractivity contribution in [3.63, 3.8) is 0 Å². The zero-order chi connectivity index (χ0) is 20.4. The molecular formula is C22H36N4O2. The maximum atomic E-state index is 12.4. The Labute approximate surface area is 169 Å². The Bertz CT molecular complexity index is 639. The summed E-state index contributed by atoms with van der Waals surface area (Å²) in [5, 5.41) is 9.73. The second-order valence-electron chi connectivity index (χ2n) is 7.99. The molecule has 6 heteroatoms. The highest BCUT2D eigenvalue weighted by Gasteiger charge is 2.16. The van der Waals surface area contributed by atoms with Gasteiger partial charge in [-0.3, -0.25) is 9.79 Å². The van der Waals surface area contributed by atoms with E-state index < -0.39 is 0 Å². The predicted octanol–water partition coefficient (Wildman–Crippen LogP) is 3.09. The first kappa shape index (κ1) is 22.2. The molecule has 3 N–H and O–H groups in total. The van der Waals surface area contributed by atoms with Crippen LogP contribution in [-0.2, 0) is 11.3 Å². The number of carbonyl (C=O) groups is 1. The number of benzene rings is 1. The first-order valence-corrected chi connectivity index (χ1v) is 10.4. The topological polar surface area (TPSA) is 74.8 Å². The van der Waals surface area contributed by atoms with Gasteiger partial charge >= 0.3 is 0 Å². The number of nitrogens with zero attached hydrogens (tertiary/aromatic N) is 1. The molecule has 1 aliphatic rings. The molecule has 2 atom stereocenters. The third-order valence-electron chi connectivity index (χ3n) is 4.95. The van der Waals surface area contributed by atoms with E-state index in [0.717, 1.165) is 37.4 Å². The van der Waals surface area contributed by atoms with Crippen molar-refractivity contribution in [1.82, 2.24) is 16.0 Å². The van der Waals surface area contributed by atoms with Gasteiger partial charge in [-0.2, -0.15) is 0 Å². The smallest absolute Gasteiger partial charge is 0.251 e. The number of guanidine groups is 1. The van der Waals surface area contributed by atoms with Crippen molar-refractivity contribution >= 4 is 11.9 Å². The molecule has 1 saturated heterocycles. The van der Waals surface area contributed by atoms with E-state index in [1.165, 1.54) is 6.42 Å². The van der Waals surface area contributed by atoms with Crippen LogP contribution in [0, 0.1) is 5.92 Å². The van der Waals surface area contributed by atoms with Gasteiger partial charge in [0.1, 0.15) is 0 Å². The van der Waals surface area contributed by atoms with E-state index in [-0.39, 0.29) is 12.0 Å². The van der Waals surface area contributed by atoms with Gasteiger partial charge in [0.25, 0.3) is 5.91 Å². The number of hydrogen-bond donors (Lipinski definition) is 3. The van der Waals surface area contributed by atoms with Crippen molar-refractivity contribution < 1.29 is 9.53 Å². The normalized spacial score (nSPS) is 18.2. The number of ether oxygens (including phenoxy) is 1. The minimum Gasteiger partial charge on any atom is -0.376 e. The average molecular weight is 389 g/mol. The van der Waals surface area contributed by atoms with E-state index >= 15 is 0 Å². The van der Waals surface area contributed by atoms with Crippen LogP contribution in [-0.4, -0.2) is 44.2 Å². The third kappa shape index (κ3) is 7.89. The van der Waals surface area contributed by atoms with Crippen LogP contribution in [0.5, 0.6) is 0 Å². The molecule has 0 spiro atoms. The molecule has 0 aliphatic carbocycles. The number of rotatable bonds is 9. The lowest BCUT2D eigenvalue weighted by Gasteiger charge is -2.19. The Morgan fingerprint density at radius 1 is 1.25 bits per heavy atom. The standard InChI is InChI=1S/C22H36N4O2/c1-16(2)10-11-17(3)26-22(23-4)25-14-18-7-5-8-19(13-18)21(27)24-15-20-9-6-12-28-20/h5,7-8,13,16-17,20H,6,9-12,14-15H2,1-4H3,(H,24,27)(H2,23,25,26). The molecule has 1 fully saturated rings. The van der Waals surface area contributed by atoms with Crippen LogP contribution in [0.4, 0.5) is 0 Å². The highest BCUT2D eigenvalue weighted by atomic mass is 16.5. The van der Waals surface area contributed by atoms with Crippen molar-refractivity contribution in [3.05, 3.63) is 35.4 Å². The summed E-state index contributed by atoms with van der Waals surface area (Å²) in [6, 6.07) is 8.06. The Kier molecular flexibility index (Phi) is 9.28. The first-order valence-electron chi connectivity index (χ1n) is 10.4. The molecule has 0 aromatic heterocycles. The van der Waals surface area contributed by atoms with E-state index in [2.05, 4.69) is 41.7 Å². The molecule has 1 aromatic rings. The lowest BCUT2D eigenvalue weighted by atomic mass is 10.0. The van der Waals surface area contributed by atoms with Crippen LogP contribution in [0.2, 0.25) is 0 Å². The van der Waals surface area contributed by atoms with Gasteiger partial charge in [-0.1, -0.05) is 26.0 Å². The summed E-state index contributed by atoms with van der Waals surface area (Å²) in [5.41, 5.74) is 1.72. The van der Waals surface area contributed by atoms with E-state index in [9.17, 15) is 4.79 Å². The lowest BCUT2D eigenvalue weighted by molar-refractivity contribution is 0.0857. The Balaban J connectivity index is 1.81. The van der Waals surface area contributed by atoms with E-state index in [1.54, 1.807) is 7.05 Å². The monoisotopic (exact) mass is 388 g/mol. The number of nitrogens with one attached hydrogen (secondary N) is 3. The molecule has 2 unspecified atom stereocenters. The maximum Gasteiger partial charge on any atom is 0.251 e. The van der Waals surface area contributed by atoms with Gasteiger partial charge in [0.2, 0.25) is 0 Å².